The summed E-state index contributed by atoms with van der Waals surface area (Å²) < 4.78 is 6.33. The van der Waals surface area contributed by atoms with Gasteiger partial charge in [0.05, 0.1) is 24.8 Å². The maximum atomic E-state index is 12.1. The quantitative estimate of drug-likeness (QED) is 0.837. The van der Waals surface area contributed by atoms with E-state index < -0.39 is 5.97 Å². The van der Waals surface area contributed by atoms with E-state index in [0.29, 0.717) is 18.7 Å². The number of carbonyl (C=O) groups excluding carboxylic acids is 2. The predicted octanol–water partition coefficient (Wildman–Crippen LogP) is 1.23. The first-order valence-corrected chi connectivity index (χ1v) is 7.31. The van der Waals surface area contributed by atoms with Crippen LogP contribution >= 0.6 is 0 Å². The second-order valence-electron chi connectivity index (χ2n) is 5.66. The van der Waals surface area contributed by atoms with Crippen LogP contribution in [0, 0.1) is 11.3 Å². The van der Waals surface area contributed by atoms with Gasteiger partial charge in [-0.25, -0.2) is 4.79 Å². The first-order valence-electron chi connectivity index (χ1n) is 7.31. The fourth-order valence-corrected chi connectivity index (χ4v) is 2.84. The zero-order valence-corrected chi connectivity index (χ0v) is 13.4. The van der Waals surface area contributed by atoms with Crippen molar-refractivity contribution in [3.63, 3.8) is 0 Å². The molecule has 0 fully saturated rings. The minimum absolute atomic E-state index is 0.0717. The first-order chi connectivity index (χ1) is 11.5. The van der Waals surface area contributed by atoms with E-state index in [1.165, 1.54) is 13.3 Å². The number of hydrogen-bond donors (Lipinski definition) is 1. The third-order valence-corrected chi connectivity index (χ3v) is 4.19. The van der Waals surface area contributed by atoms with Crippen LogP contribution < -0.4 is 5.73 Å². The number of ether oxygens (including phenoxy) is 1. The van der Waals surface area contributed by atoms with E-state index in [4.69, 9.17) is 10.5 Å². The van der Waals surface area contributed by atoms with E-state index in [0.717, 1.165) is 11.1 Å². The van der Waals surface area contributed by atoms with E-state index in [9.17, 15) is 14.9 Å². The van der Waals surface area contributed by atoms with E-state index >= 15 is 0 Å². The predicted molar refractivity (Wildman–Crippen MR) is 86.4 cm³/mol. The van der Waals surface area contributed by atoms with Gasteiger partial charge in [0.2, 0.25) is 5.91 Å². The van der Waals surface area contributed by atoms with Crippen molar-refractivity contribution >= 4 is 17.6 Å². The summed E-state index contributed by atoms with van der Waals surface area (Å²) in [4.78, 5) is 25.5. The molecule has 1 amide bonds. The lowest BCUT2D eigenvalue weighted by Gasteiger charge is -2.25. The summed E-state index contributed by atoms with van der Waals surface area (Å²) >= 11 is 0. The Morgan fingerprint density at radius 1 is 1.38 bits per heavy atom. The number of fused-ring (bicyclic) bond motifs is 1. The molecule has 1 aliphatic heterocycles. The number of nitrogens with zero attached hydrogens (tertiary/aromatic N) is 3. The van der Waals surface area contributed by atoms with Crippen LogP contribution in [0.4, 0.5) is 5.69 Å². The number of benzene rings is 1. The van der Waals surface area contributed by atoms with Gasteiger partial charge in [0.15, 0.2) is 5.69 Å². The Hall–Kier alpha value is -3.27. The highest BCUT2D eigenvalue weighted by molar-refractivity contribution is 5.96. The van der Waals surface area contributed by atoms with Crippen LogP contribution in [0.25, 0.3) is 5.69 Å². The molecule has 2 heterocycles. The van der Waals surface area contributed by atoms with Gasteiger partial charge in [-0.05, 0) is 23.3 Å². The van der Waals surface area contributed by atoms with Crippen LogP contribution in [-0.2, 0) is 22.5 Å². The molecule has 1 aromatic heterocycles. The Labute approximate surface area is 138 Å². The van der Waals surface area contributed by atoms with Crippen LogP contribution in [0.15, 0.2) is 24.4 Å². The number of methoxy groups -OCH3 is 1. The molecule has 122 valence electrons. The second kappa shape index (κ2) is 5.74. The number of nitrogen functional groups attached to an aromatic ring is 1. The molecule has 0 saturated heterocycles. The monoisotopic (exact) mass is 324 g/mol. The largest absolute Gasteiger partial charge is 0.464 e. The number of nitrogens with two attached hydrogens (primary N) is 1. The molecule has 0 spiro atoms. The standard InChI is InChI=1S/C17H16N4O3/c1-20-8-11-5-13(4-3-10(11)6-14(20)22)21-9-12(7-18)15(19)16(21)17(23)24-2/h3-5,9H,6,8,19H2,1-2H3. The summed E-state index contributed by atoms with van der Waals surface area (Å²) in [6.45, 7) is 0.497. The Kier molecular flexibility index (Phi) is 3.73. The zero-order valence-electron chi connectivity index (χ0n) is 13.4. The van der Waals surface area contributed by atoms with Gasteiger partial charge in [-0.1, -0.05) is 6.07 Å². The zero-order chi connectivity index (χ0) is 17.4. The van der Waals surface area contributed by atoms with Gasteiger partial charge in [-0.3, -0.25) is 4.79 Å². The van der Waals surface area contributed by atoms with Gasteiger partial charge in [0, 0.05) is 25.5 Å². The van der Waals surface area contributed by atoms with Crippen LogP contribution in [0.2, 0.25) is 0 Å². The molecule has 7 nitrogen and oxygen atoms in total. The van der Waals surface area contributed by atoms with Crippen molar-refractivity contribution in [1.29, 1.82) is 5.26 Å². The van der Waals surface area contributed by atoms with Gasteiger partial charge in [0.25, 0.3) is 0 Å². The molecule has 7 heteroatoms. The van der Waals surface area contributed by atoms with Gasteiger partial charge in [-0.15, -0.1) is 0 Å². The lowest BCUT2D eigenvalue weighted by atomic mass is 9.99. The topological polar surface area (TPSA) is 101 Å². The third-order valence-electron chi connectivity index (χ3n) is 4.19. The number of carbonyl (C=O) groups is 2. The van der Waals surface area contributed by atoms with Crippen LogP contribution in [0.1, 0.15) is 27.2 Å². The summed E-state index contributed by atoms with van der Waals surface area (Å²) in [5.74, 6) is -0.540. The normalized spacial score (nSPS) is 13.4. The highest BCUT2D eigenvalue weighted by atomic mass is 16.5. The average molecular weight is 324 g/mol. The summed E-state index contributed by atoms with van der Waals surface area (Å²) in [6, 6.07) is 7.52. The van der Waals surface area contributed by atoms with Gasteiger partial charge in [0.1, 0.15) is 6.07 Å². The van der Waals surface area contributed by atoms with E-state index in [-0.39, 0.29) is 22.9 Å². The molecule has 0 aliphatic carbocycles. The van der Waals surface area contributed by atoms with Crippen molar-refractivity contribution in [2.24, 2.45) is 0 Å². The number of rotatable bonds is 2. The minimum atomic E-state index is -0.612. The molecule has 0 bridgehead atoms. The number of aromatic nitrogens is 1. The molecule has 0 atom stereocenters. The molecule has 3 rings (SSSR count). The molecule has 24 heavy (non-hydrogen) atoms. The summed E-state index contributed by atoms with van der Waals surface area (Å²) in [6.07, 6.45) is 1.87. The number of likely N-dealkylation sites (N-methyl/N-ethyl adjacent to an activating group) is 1. The van der Waals surface area contributed by atoms with Crippen molar-refractivity contribution in [3.8, 4) is 11.8 Å². The molecule has 0 radical (unpaired) electrons. The van der Waals surface area contributed by atoms with Crippen molar-refractivity contribution in [2.75, 3.05) is 19.9 Å². The Morgan fingerprint density at radius 3 is 2.79 bits per heavy atom. The van der Waals surface area contributed by atoms with Gasteiger partial charge >= 0.3 is 5.97 Å². The fourth-order valence-electron chi connectivity index (χ4n) is 2.84. The smallest absolute Gasteiger partial charge is 0.357 e. The van der Waals surface area contributed by atoms with Crippen molar-refractivity contribution in [3.05, 3.63) is 46.8 Å². The highest BCUT2D eigenvalue weighted by Crippen LogP contribution is 2.27. The number of esters is 1. The molecular weight excluding hydrogens is 308 g/mol. The SMILES string of the molecule is COC(=O)c1c(N)c(C#N)cn1-c1ccc2c(c1)CN(C)C(=O)C2. The number of nitriles is 1. The van der Waals surface area contributed by atoms with Crippen LogP contribution in [0.5, 0.6) is 0 Å². The molecule has 1 aliphatic rings. The van der Waals surface area contributed by atoms with E-state index in [2.05, 4.69) is 0 Å². The van der Waals surface area contributed by atoms with Crippen LogP contribution in [0.3, 0.4) is 0 Å². The summed E-state index contributed by atoms with van der Waals surface area (Å²) in [5, 5.41) is 9.17. The van der Waals surface area contributed by atoms with Crippen molar-refractivity contribution in [2.45, 2.75) is 13.0 Å². The Morgan fingerprint density at radius 2 is 2.12 bits per heavy atom. The first kappa shape index (κ1) is 15.6. The van der Waals surface area contributed by atoms with Gasteiger partial charge in [-0.2, -0.15) is 5.26 Å². The number of anilines is 1. The van der Waals surface area contributed by atoms with Gasteiger partial charge < -0.3 is 19.9 Å². The average Bonchev–Trinajstić information content (AvgIpc) is 2.91. The summed E-state index contributed by atoms with van der Waals surface area (Å²) in [5.41, 5.74) is 8.97. The Balaban J connectivity index is 2.14. The third kappa shape index (κ3) is 2.38. The lowest BCUT2D eigenvalue weighted by molar-refractivity contribution is -0.130. The second-order valence-corrected chi connectivity index (χ2v) is 5.66. The lowest BCUT2D eigenvalue weighted by Crippen LogP contribution is -2.32. The Bertz CT molecular complexity index is 892. The van der Waals surface area contributed by atoms with Crippen LogP contribution in [-0.4, -0.2) is 35.5 Å². The molecule has 0 unspecified atom stereocenters. The minimum Gasteiger partial charge on any atom is -0.464 e. The summed E-state index contributed by atoms with van der Waals surface area (Å²) in [7, 11) is 3.01. The molecular formula is C17H16N4O3. The molecule has 2 N–H and O–H groups in total. The maximum Gasteiger partial charge on any atom is 0.357 e. The molecule has 0 saturated carbocycles. The number of hydrogen-bond acceptors (Lipinski definition) is 5. The number of amides is 1. The van der Waals surface area contributed by atoms with Crippen molar-refractivity contribution < 1.29 is 14.3 Å². The fraction of sp³-hybridized carbons (Fsp3) is 0.235. The maximum absolute atomic E-state index is 12.1. The van der Waals surface area contributed by atoms with E-state index in [1.54, 1.807) is 22.6 Å². The molecule has 2 aromatic rings. The molecule has 1 aromatic carbocycles. The van der Waals surface area contributed by atoms with E-state index in [1.807, 2.05) is 18.2 Å². The van der Waals surface area contributed by atoms with Crippen molar-refractivity contribution in [1.82, 2.24) is 9.47 Å². The highest BCUT2D eigenvalue weighted by Gasteiger charge is 2.24.